The zero-order chi connectivity index (χ0) is 15.6. The molecule has 2 rings (SSSR count). The van der Waals surface area contributed by atoms with Crippen molar-refractivity contribution >= 4 is 40.7 Å². The molecule has 0 aliphatic carbocycles. The highest BCUT2D eigenvalue weighted by molar-refractivity contribution is 6.36. The maximum Gasteiger partial charge on any atom is 0.252 e. The third-order valence-electron chi connectivity index (χ3n) is 3.75. The minimum Gasteiger partial charge on any atom is -0.372 e. The highest BCUT2D eigenvalue weighted by Gasteiger charge is 2.41. The van der Waals surface area contributed by atoms with Crippen LogP contribution in [0.1, 0.15) is 33.1 Å². The Kier molecular flexibility index (Phi) is 5.12. The summed E-state index contributed by atoms with van der Waals surface area (Å²) >= 11 is 11.9. The monoisotopic (exact) mass is 328 g/mol. The summed E-state index contributed by atoms with van der Waals surface area (Å²) in [6.45, 7) is 3.96. The number of nitrogens with one attached hydrogen (secondary N) is 1. The first-order valence-corrected chi connectivity index (χ1v) is 7.81. The van der Waals surface area contributed by atoms with E-state index in [-0.39, 0.29) is 24.3 Å². The first-order valence-electron chi connectivity index (χ1n) is 7.05. The van der Waals surface area contributed by atoms with Crippen LogP contribution in [0.3, 0.4) is 0 Å². The number of benzene rings is 1. The number of amides is 2. The molecule has 1 heterocycles. The Morgan fingerprint density at radius 1 is 1.29 bits per heavy atom. The summed E-state index contributed by atoms with van der Waals surface area (Å²) in [6, 6.07) is 4.41. The number of halogens is 2. The lowest BCUT2D eigenvalue weighted by Gasteiger charge is -2.24. The van der Waals surface area contributed by atoms with Gasteiger partial charge in [-0.25, -0.2) is 0 Å². The summed E-state index contributed by atoms with van der Waals surface area (Å²) in [7, 11) is 0. The molecule has 1 aliphatic rings. The molecule has 0 spiro atoms. The van der Waals surface area contributed by atoms with Crippen LogP contribution in [0.5, 0.6) is 0 Å². The largest absolute Gasteiger partial charge is 0.372 e. The predicted octanol–water partition coefficient (Wildman–Crippen LogP) is 3.72. The molecule has 1 saturated heterocycles. The fourth-order valence-electron chi connectivity index (χ4n) is 2.60. The highest BCUT2D eigenvalue weighted by Crippen LogP contribution is 2.29. The van der Waals surface area contributed by atoms with Gasteiger partial charge in [-0.1, -0.05) is 37.0 Å². The molecule has 1 fully saturated rings. The maximum atomic E-state index is 12.4. The zero-order valence-corrected chi connectivity index (χ0v) is 13.5. The van der Waals surface area contributed by atoms with E-state index in [9.17, 15) is 9.59 Å². The van der Waals surface area contributed by atoms with E-state index in [0.717, 1.165) is 12.8 Å². The molecule has 1 aromatic carbocycles. The third kappa shape index (κ3) is 3.33. The van der Waals surface area contributed by atoms with Gasteiger partial charge in [-0.15, -0.1) is 0 Å². The Labute approximate surface area is 134 Å². The minimum atomic E-state index is -0.559. The SMILES string of the molecule is CCC(CC)N1C(=O)CC(Nc2ccc(Cl)cc2Cl)C1=O. The second-order valence-electron chi connectivity index (χ2n) is 5.10. The van der Waals surface area contributed by atoms with Crippen LogP contribution in [0, 0.1) is 0 Å². The Bertz CT molecular complexity index is 559. The van der Waals surface area contributed by atoms with Gasteiger partial charge in [0.05, 0.1) is 17.1 Å². The summed E-state index contributed by atoms with van der Waals surface area (Å²) in [4.78, 5) is 25.9. The number of imide groups is 1. The van der Waals surface area contributed by atoms with Gasteiger partial charge in [-0.05, 0) is 31.0 Å². The summed E-state index contributed by atoms with van der Waals surface area (Å²) in [5.74, 6) is -0.309. The minimum absolute atomic E-state index is 0.0301. The molecule has 4 nitrogen and oxygen atoms in total. The normalized spacial score (nSPS) is 18.7. The van der Waals surface area contributed by atoms with Gasteiger partial charge in [-0.2, -0.15) is 0 Å². The number of hydrogen-bond acceptors (Lipinski definition) is 3. The topological polar surface area (TPSA) is 49.4 Å². The Morgan fingerprint density at radius 3 is 2.52 bits per heavy atom. The van der Waals surface area contributed by atoms with Crippen molar-refractivity contribution in [2.24, 2.45) is 0 Å². The van der Waals surface area contributed by atoms with Crippen LogP contribution in [-0.2, 0) is 9.59 Å². The van der Waals surface area contributed by atoms with Crippen LogP contribution < -0.4 is 5.32 Å². The molecule has 0 aromatic heterocycles. The number of anilines is 1. The highest BCUT2D eigenvalue weighted by atomic mass is 35.5. The summed E-state index contributed by atoms with van der Waals surface area (Å²) in [5, 5.41) is 4.01. The Morgan fingerprint density at radius 2 is 1.95 bits per heavy atom. The van der Waals surface area contributed by atoms with E-state index in [0.29, 0.717) is 15.7 Å². The van der Waals surface area contributed by atoms with Crippen LogP contribution in [0.25, 0.3) is 0 Å². The van der Waals surface area contributed by atoms with Gasteiger partial charge in [0.25, 0.3) is 5.91 Å². The van der Waals surface area contributed by atoms with E-state index in [1.807, 2.05) is 13.8 Å². The lowest BCUT2D eigenvalue weighted by molar-refractivity contribution is -0.141. The van der Waals surface area contributed by atoms with Crippen LogP contribution in [0.15, 0.2) is 18.2 Å². The van der Waals surface area contributed by atoms with Gasteiger partial charge in [0.15, 0.2) is 0 Å². The van der Waals surface area contributed by atoms with Gasteiger partial charge in [0.1, 0.15) is 6.04 Å². The fraction of sp³-hybridized carbons (Fsp3) is 0.467. The van der Waals surface area contributed by atoms with E-state index in [1.165, 1.54) is 4.90 Å². The van der Waals surface area contributed by atoms with Crippen molar-refractivity contribution < 1.29 is 9.59 Å². The molecule has 1 atom stereocenters. The van der Waals surface area contributed by atoms with Crippen molar-refractivity contribution in [2.45, 2.75) is 45.2 Å². The molecule has 0 saturated carbocycles. The van der Waals surface area contributed by atoms with Crippen LogP contribution in [0.4, 0.5) is 5.69 Å². The molecular formula is C15H18Cl2N2O2. The van der Waals surface area contributed by atoms with Gasteiger partial charge in [0.2, 0.25) is 5.91 Å². The van der Waals surface area contributed by atoms with Crippen molar-refractivity contribution in [3.8, 4) is 0 Å². The van der Waals surface area contributed by atoms with Gasteiger partial charge in [0, 0.05) is 11.1 Å². The molecule has 0 bridgehead atoms. The van der Waals surface area contributed by atoms with Gasteiger partial charge in [-0.3, -0.25) is 14.5 Å². The third-order valence-corrected chi connectivity index (χ3v) is 4.30. The van der Waals surface area contributed by atoms with Crippen LogP contribution >= 0.6 is 23.2 Å². The molecular weight excluding hydrogens is 311 g/mol. The molecule has 0 radical (unpaired) electrons. The number of nitrogens with zero attached hydrogens (tertiary/aromatic N) is 1. The van der Waals surface area contributed by atoms with Crippen LogP contribution in [0.2, 0.25) is 10.0 Å². The number of rotatable bonds is 5. The van der Waals surface area contributed by atoms with Crippen LogP contribution in [-0.4, -0.2) is 28.8 Å². The average molecular weight is 329 g/mol. The fourth-order valence-corrected chi connectivity index (χ4v) is 3.06. The molecule has 1 N–H and O–H groups in total. The molecule has 21 heavy (non-hydrogen) atoms. The van der Waals surface area contributed by atoms with E-state index in [1.54, 1.807) is 18.2 Å². The second-order valence-corrected chi connectivity index (χ2v) is 5.94. The van der Waals surface area contributed by atoms with Gasteiger partial charge < -0.3 is 5.32 Å². The van der Waals surface area contributed by atoms with Crippen molar-refractivity contribution in [3.05, 3.63) is 28.2 Å². The standard InChI is InChI=1S/C15H18Cl2N2O2/c1-3-10(4-2)19-14(20)8-13(15(19)21)18-12-6-5-9(16)7-11(12)17/h5-7,10,13,18H,3-4,8H2,1-2H3. The summed E-state index contributed by atoms with van der Waals surface area (Å²) < 4.78 is 0. The Hall–Kier alpha value is -1.26. The first kappa shape index (κ1) is 16.1. The van der Waals surface area contributed by atoms with E-state index in [2.05, 4.69) is 5.32 Å². The number of carbonyl (C=O) groups is 2. The lowest BCUT2D eigenvalue weighted by Crippen LogP contribution is -2.41. The predicted molar refractivity (Wildman–Crippen MR) is 84.7 cm³/mol. The quantitative estimate of drug-likeness (QED) is 0.838. The van der Waals surface area contributed by atoms with Crippen molar-refractivity contribution in [1.29, 1.82) is 0 Å². The molecule has 114 valence electrons. The van der Waals surface area contributed by atoms with E-state index in [4.69, 9.17) is 23.2 Å². The molecule has 2 amide bonds. The molecule has 6 heteroatoms. The van der Waals surface area contributed by atoms with Crippen molar-refractivity contribution in [2.75, 3.05) is 5.32 Å². The van der Waals surface area contributed by atoms with Crippen molar-refractivity contribution in [3.63, 3.8) is 0 Å². The smallest absolute Gasteiger partial charge is 0.252 e. The lowest BCUT2D eigenvalue weighted by atomic mass is 10.1. The van der Waals surface area contributed by atoms with E-state index >= 15 is 0 Å². The summed E-state index contributed by atoms with van der Waals surface area (Å²) in [5.41, 5.74) is 0.610. The van der Waals surface area contributed by atoms with E-state index < -0.39 is 6.04 Å². The molecule has 1 aliphatic heterocycles. The zero-order valence-electron chi connectivity index (χ0n) is 12.0. The summed E-state index contributed by atoms with van der Waals surface area (Å²) in [6.07, 6.45) is 1.69. The molecule has 1 aromatic rings. The Balaban J connectivity index is 2.15. The van der Waals surface area contributed by atoms with Gasteiger partial charge >= 0.3 is 0 Å². The maximum absolute atomic E-state index is 12.4. The molecule has 1 unspecified atom stereocenters. The number of carbonyl (C=O) groups excluding carboxylic acids is 2. The van der Waals surface area contributed by atoms with Crippen molar-refractivity contribution in [1.82, 2.24) is 4.90 Å². The average Bonchev–Trinajstić information content (AvgIpc) is 2.71. The first-order chi connectivity index (χ1) is 9.97. The number of hydrogen-bond donors (Lipinski definition) is 1. The number of likely N-dealkylation sites (tertiary alicyclic amines) is 1. The second kappa shape index (κ2) is 6.67.